The topological polar surface area (TPSA) is 26.3 Å². The maximum absolute atomic E-state index is 9.18. The predicted molar refractivity (Wildman–Crippen MR) is 40.7 cm³/mol. The molecule has 0 aliphatic heterocycles. The summed E-state index contributed by atoms with van der Waals surface area (Å²) in [5, 5.41) is 0. The fraction of sp³-hybridized carbons (Fsp3) is 0.625. The SMILES string of the molecule is C=C1CCC1.CCOC=O. The highest BCUT2D eigenvalue weighted by molar-refractivity contribution is 5.36. The van der Waals surface area contributed by atoms with E-state index in [0.29, 0.717) is 13.1 Å². The molecule has 0 atom stereocenters. The molecule has 1 fully saturated rings. The average molecular weight is 142 g/mol. The summed E-state index contributed by atoms with van der Waals surface area (Å²) in [6, 6.07) is 0. The van der Waals surface area contributed by atoms with Gasteiger partial charge in [0, 0.05) is 0 Å². The van der Waals surface area contributed by atoms with Gasteiger partial charge in [-0.2, -0.15) is 0 Å². The zero-order valence-electron chi connectivity index (χ0n) is 6.43. The van der Waals surface area contributed by atoms with Gasteiger partial charge in [0.2, 0.25) is 0 Å². The quantitative estimate of drug-likeness (QED) is 0.435. The van der Waals surface area contributed by atoms with Gasteiger partial charge in [-0.05, 0) is 26.2 Å². The molecule has 10 heavy (non-hydrogen) atoms. The lowest BCUT2D eigenvalue weighted by molar-refractivity contribution is -0.128. The Morgan fingerprint density at radius 1 is 1.70 bits per heavy atom. The zero-order chi connectivity index (χ0) is 7.82. The molecule has 0 saturated heterocycles. The maximum Gasteiger partial charge on any atom is 0.293 e. The summed E-state index contributed by atoms with van der Waals surface area (Å²) in [5.74, 6) is 0. The van der Waals surface area contributed by atoms with Gasteiger partial charge in [-0.15, -0.1) is 0 Å². The lowest BCUT2D eigenvalue weighted by Crippen LogP contribution is -1.92. The van der Waals surface area contributed by atoms with E-state index in [4.69, 9.17) is 0 Å². The Kier molecular flexibility index (Phi) is 5.83. The Labute approximate surface area is 61.9 Å². The van der Waals surface area contributed by atoms with Crippen molar-refractivity contribution in [2.75, 3.05) is 6.61 Å². The molecule has 0 spiro atoms. The van der Waals surface area contributed by atoms with E-state index in [1.165, 1.54) is 24.8 Å². The van der Waals surface area contributed by atoms with Gasteiger partial charge in [0.1, 0.15) is 0 Å². The smallest absolute Gasteiger partial charge is 0.293 e. The third-order valence-corrected chi connectivity index (χ3v) is 1.30. The third-order valence-electron chi connectivity index (χ3n) is 1.30. The van der Waals surface area contributed by atoms with E-state index in [1.54, 1.807) is 6.92 Å². The molecule has 58 valence electrons. The van der Waals surface area contributed by atoms with Crippen LogP contribution < -0.4 is 0 Å². The Morgan fingerprint density at radius 3 is 2.20 bits per heavy atom. The molecule has 0 bridgehead atoms. The Balaban J connectivity index is 0.000000162. The van der Waals surface area contributed by atoms with Crippen LogP contribution in [0.5, 0.6) is 0 Å². The van der Waals surface area contributed by atoms with Crippen molar-refractivity contribution in [3.63, 3.8) is 0 Å². The summed E-state index contributed by atoms with van der Waals surface area (Å²) in [6.07, 6.45) is 3.97. The van der Waals surface area contributed by atoms with Gasteiger partial charge < -0.3 is 4.74 Å². The second kappa shape index (κ2) is 6.33. The number of allylic oxidation sites excluding steroid dienone is 1. The first-order valence-electron chi connectivity index (χ1n) is 3.53. The molecule has 0 N–H and O–H groups in total. The highest BCUT2D eigenvalue weighted by atomic mass is 16.5. The summed E-state index contributed by atoms with van der Waals surface area (Å²) < 4.78 is 4.15. The fourth-order valence-corrected chi connectivity index (χ4v) is 0.495. The average Bonchev–Trinajstić information content (AvgIpc) is 1.87. The number of hydrogen-bond acceptors (Lipinski definition) is 2. The van der Waals surface area contributed by atoms with Crippen molar-refractivity contribution < 1.29 is 9.53 Å². The summed E-state index contributed by atoms with van der Waals surface area (Å²) in [5.41, 5.74) is 1.44. The van der Waals surface area contributed by atoms with Crippen LogP contribution >= 0.6 is 0 Å². The summed E-state index contributed by atoms with van der Waals surface area (Å²) >= 11 is 0. The van der Waals surface area contributed by atoms with Crippen molar-refractivity contribution in [2.24, 2.45) is 0 Å². The Hall–Kier alpha value is -0.790. The molecular weight excluding hydrogens is 128 g/mol. The zero-order valence-corrected chi connectivity index (χ0v) is 6.43. The number of hydrogen-bond donors (Lipinski definition) is 0. The van der Waals surface area contributed by atoms with Crippen molar-refractivity contribution >= 4 is 6.47 Å². The molecule has 1 rings (SSSR count). The number of rotatable bonds is 2. The minimum absolute atomic E-state index is 0.431. The van der Waals surface area contributed by atoms with Crippen LogP contribution in [0.4, 0.5) is 0 Å². The van der Waals surface area contributed by atoms with E-state index in [9.17, 15) is 4.79 Å². The molecule has 2 nitrogen and oxygen atoms in total. The van der Waals surface area contributed by atoms with E-state index < -0.39 is 0 Å². The molecule has 0 aromatic heterocycles. The van der Waals surface area contributed by atoms with E-state index in [1.807, 2.05) is 0 Å². The molecule has 1 saturated carbocycles. The van der Waals surface area contributed by atoms with Crippen LogP contribution in [0.2, 0.25) is 0 Å². The lowest BCUT2D eigenvalue weighted by Gasteiger charge is -2.11. The van der Waals surface area contributed by atoms with Gasteiger partial charge in [-0.25, -0.2) is 0 Å². The van der Waals surface area contributed by atoms with Crippen molar-refractivity contribution in [1.29, 1.82) is 0 Å². The number of ether oxygens (including phenoxy) is 1. The molecule has 1 aliphatic carbocycles. The molecular formula is C8H14O2. The molecule has 0 aromatic rings. The highest BCUT2D eigenvalue weighted by Crippen LogP contribution is 2.21. The van der Waals surface area contributed by atoms with E-state index in [2.05, 4.69) is 11.3 Å². The Morgan fingerprint density at radius 2 is 2.20 bits per heavy atom. The van der Waals surface area contributed by atoms with Crippen LogP contribution in [0.1, 0.15) is 26.2 Å². The first kappa shape index (κ1) is 9.21. The van der Waals surface area contributed by atoms with Crippen LogP contribution in [0.25, 0.3) is 0 Å². The summed E-state index contributed by atoms with van der Waals surface area (Å²) in [6.45, 7) is 6.42. The number of carbonyl (C=O) groups excluding carboxylic acids is 1. The summed E-state index contributed by atoms with van der Waals surface area (Å²) in [4.78, 5) is 9.18. The van der Waals surface area contributed by atoms with E-state index >= 15 is 0 Å². The van der Waals surface area contributed by atoms with Crippen LogP contribution in [-0.4, -0.2) is 13.1 Å². The van der Waals surface area contributed by atoms with E-state index in [-0.39, 0.29) is 0 Å². The number of carbonyl (C=O) groups is 1. The van der Waals surface area contributed by atoms with Crippen molar-refractivity contribution in [3.8, 4) is 0 Å². The molecule has 0 radical (unpaired) electrons. The second-order valence-electron chi connectivity index (χ2n) is 2.16. The first-order chi connectivity index (χ1) is 4.81. The maximum atomic E-state index is 9.18. The first-order valence-corrected chi connectivity index (χ1v) is 3.53. The second-order valence-corrected chi connectivity index (χ2v) is 2.16. The largest absolute Gasteiger partial charge is 0.468 e. The highest BCUT2D eigenvalue weighted by Gasteiger charge is 2.02. The Bertz CT molecular complexity index is 102. The molecule has 0 aromatic carbocycles. The van der Waals surface area contributed by atoms with Gasteiger partial charge in [0.15, 0.2) is 0 Å². The van der Waals surface area contributed by atoms with E-state index in [0.717, 1.165) is 0 Å². The van der Waals surface area contributed by atoms with Crippen LogP contribution in [0.15, 0.2) is 12.2 Å². The minimum Gasteiger partial charge on any atom is -0.468 e. The van der Waals surface area contributed by atoms with Gasteiger partial charge in [0.05, 0.1) is 6.61 Å². The summed E-state index contributed by atoms with van der Waals surface area (Å²) in [7, 11) is 0. The van der Waals surface area contributed by atoms with Crippen LogP contribution in [0, 0.1) is 0 Å². The van der Waals surface area contributed by atoms with Gasteiger partial charge >= 0.3 is 0 Å². The normalized spacial score (nSPS) is 14.3. The van der Waals surface area contributed by atoms with Crippen molar-refractivity contribution in [1.82, 2.24) is 0 Å². The molecule has 2 heteroatoms. The predicted octanol–water partition coefficient (Wildman–Crippen LogP) is 1.91. The molecule has 0 unspecified atom stereocenters. The minimum atomic E-state index is 0.431. The van der Waals surface area contributed by atoms with Crippen LogP contribution in [-0.2, 0) is 9.53 Å². The van der Waals surface area contributed by atoms with Crippen molar-refractivity contribution in [3.05, 3.63) is 12.2 Å². The molecule has 1 aliphatic rings. The van der Waals surface area contributed by atoms with Crippen LogP contribution in [0.3, 0.4) is 0 Å². The van der Waals surface area contributed by atoms with Gasteiger partial charge in [-0.3, -0.25) is 4.79 Å². The fourth-order valence-electron chi connectivity index (χ4n) is 0.495. The molecule has 0 amide bonds. The monoisotopic (exact) mass is 142 g/mol. The lowest BCUT2D eigenvalue weighted by atomic mass is 9.95. The molecule has 0 heterocycles. The van der Waals surface area contributed by atoms with Gasteiger partial charge in [0.25, 0.3) is 6.47 Å². The third kappa shape index (κ3) is 5.35. The van der Waals surface area contributed by atoms with Crippen molar-refractivity contribution in [2.45, 2.75) is 26.2 Å². The van der Waals surface area contributed by atoms with Gasteiger partial charge in [-0.1, -0.05) is 12.2 Å². The standard InChI is InChI=1S/C5H8.C3H6O2/c1-5-3-2-4-5;1-2-5-3-4/h1-4H2;3H,2H2,1H3.